The van der Waals surface area contributed by atoms with Gasteiger partial charge in [0.05, 0.1) is 18.1 Å². The highest BCUT2D eigenvalue weighted by Crippen LogP contribution is 2.32. The topological polar surface area (TPSA) is 39.1 Å². The van der Waals surface area contributed by atoms with Crippen LogP contribution in [-0.4, -0.2) is 16.7 Å². The Labute approximate surface area is 129 Å². The third-order valence-corrected chi connectivity index (χ3v) is 3.86. The van der Waals surface area contributed by atoms with E-state index in [1.807, 2.05) is 23.9 Å². The van der Waals surface area contributed by atoms with Gasteiger partial charge in [0.25, 0.3) is 0 Å². The number of hydrogen-bond acceptors (Lipinski definition) is 3. The lowest BCUT2D eigenvalue weighted by Crippen LogP contribution is -2.16. The van der Waals surface area contributed by atoms with Crippen LogP contribution in [-0.2, 0) is 20.1 Å². The first-order valence-electron chi connectivity index (χ1n) is 5.80. The first-order valence-corrected chi connectivity index (χ1v) is 7.39. The van der Waals surface area contributed by atoms with Gasteiger partial charge in [0.1, 0.15) is 11.6 Å². The molecule has 0 radical (unpaired) electrons. The van der Waals surface area contributed by atoms with Crippen LogP contribution in [0.5, 0.6) is 5.75 Å². The molecule has 0 spiro atoms. The summed E-state index contributed by atoms with van der Waals surface area (Å²) in [5.74, 6) is 1.86. The number of ether oxygens (including phenoxy) is 1. The molecule has 0 fully saturated rings. The summed E-state index contributed by atoms with van der Waals surface area (Å²) in [4.78, 5) is 4.28. The minimum atomic E-state index is 0.716. The van der Waals surface area contributed by atoms with Gasteiger partial charge in [0.15, 0.2) is 0 Å². The number of halogens is 2. The minimum absolute atomic E-state index is 0.716. The molecule has 1 heterocycles. The molecule has 2 aromatic rings. The van der Waals surface area contributed by atoms with E-state index in [-0.39, 0.29) is 0 Å². The molecule has 19 heavy (non-hydrogen) atoms. The molecule has 4 nitrogen and oxygen atoms in total. The Kier molecular flexibility index (Phi) is 5.01. The lowest BCUT2D eigenvalue weighted by Gasteiger charge is -2.12. The molecule has 0 aliphatic heterocycles. The van der Waals surface area contributed by atoms with Crippen LogP contribution in [0.2, 0.25) is 0 Å². The van der Waals surface area contributed by atoms with E-state index in [9.17, 15) is 0 Å². The Balaban J connectivity index is 2.05. The summed E-state index contributed by atoms with van der Waals surface area (Å²) in [7, 11) is 3.66. The van der Waals surface area contributed by atoms with E-state index in [0.717, 1.165) is 32.6 Å². The molecule has 6 heteroatoms. The number of hydrogen-bond donors (Lipinski definition) is 1. The summed E-state index contributed by atoms with van der Waals surface area (Å²) < 4.78 is 9.38. The lowest BCUT2D eigenvalue weighted by molar-refractivity contribution is 0.404. The molecule has 0 saturated heterocycles. The quantitative estimate of drug-likeness (QED) is 0.854. The van der Waals surface area contributed by atoms with Crippen LogP contribution in [0.15, 0.2) is 33.5 Å². The van der Waals surface area contributed by atoms with Crippen LogP contribution in [0, 0.1) is 0 Å². The number of methoxy groups -OCH3 is 1. The molecular formula is C13H15Br2N3O. The smallest absolute Gasteiger partial charge is 0.137 e. The molecule has 1 aromatic carbocycles. The molecule has 0 aliphatic rings. The van der Waals surface area contributed by atoms with Crippen molar-refractivity contribution in [2.75, 3.05) is 7.11 Å². The van der Waals surface area contributed by atoms with Crippen molar-refractivity contribution in [3.8, 4) is 5.75 Å². The largest absolute Gasteiger partial charge is 0.495 e. The van der Waals surface area contributed by atoms with Crippen LogP contribution in [0.3, 0.4) is 0 Å². The van der Waals surface area contributed by atoms with Crippen molar-refractivity contribution in [2.24, 2.45) is 7.05 Å². The maximum Gasteiger partial charge on any atom is 0.137 e. The predicted octanol–water partition coefficient (Wildman–Crippen LogP) is 3.24. The number of imidazole rings is 1. The van der Waals surface area contributed by atoms with Crippen molar-refractivity contribution in [2.45, 2.75) is 13.1 Å². The number of nitrogens with zero attached hydrogens (tertiary/aromatic N) is 2. The van der Waals surface area contributed by atoms with Crippen LogP contribution < -0.4 is 10.1 Å². The van der Waals surface area contributed by atoms with Crippen molar-refractivity contribution >= 4 is 31.9 Å². The number of benzene rings is 1. The molecule has 0 unspecified atom stereocenters. The molecule has 0 amide bonds. The van der Waals surface area contributed by atoms with Crippen molar-refractivity contribution in [3.05, 3.63) is 44.9 Å². The van der Waals surface area contributed by atoms with E-state index in [1.54, 1.807) is 13.3 Å². The summed E-state index contributed by atoms with van der Waals surface area (Å²) in [5.41, 5.74) is 1.10. The van der Waals surface area contributed by atoms with Crippen molar-refractivity contribution in [1.82, 2.24) is 14.9 Å². The molecule has 0 aliphatic carbocycles. The molecule has 0 atom stereocenters. The first kappa shape index (κ1) is 14.6. The van der Waals surface area contributed by atoms with Gasteiger partial charge in [-0.05, 0) is 28.1 Å². The fourth-order valence-electron chi connectivity index (χ4n) is 1.85. The Morgan fingerprint density at radius 2 is 2.11 bits per heavy atom. The fraction of sp³-hybridized carbons (Fsp3) is 0.308. The van der Waals surface area contributed by atoms with E-state index in [4.69, 9.17) is 4.74 Å². The van der Waals surface area contributed by atoms with Gasteiger partial charge in [-0.25, -0.2) is 4.98 Å². The van der Waals surface area contributed by atoms with Gasteiger partial charge >= 0.3 is 0 Å². The van der Waals surface area contributed by atoms with E-state index in [0.29, 0.717) is 6.54 Å². The van der Waals surface area contributed by atoms with E-state index in [1.165, 1.54) is 0 Å². The molecule has 102 valence electrons. The van der Waals surface area contributed by atoms with Crippen LogP contribution >= 0.6 is 31.9 Å². The van der Waals surface area contributed by atoms with Crippen molar-refractivity contribution < 1.29 is 4.74 Å². The molecular weight excluding hydrogens is 374 g/mol. The van der Waals surface area contributed by atoms with Crippen LogP contribution in [0.1, 0.15) is 11.4 Å². The van der Waals surface area contributed by atoms with Crippen LogP contribution in [0.4, 0.5) is 0 Å². The fourth-order valence-corrected chi connectivity index (χ4v) is 3.32. The Hall–Kier alpha value is -0.850. The lowest BCUT2D eigenvalue weighted by atomic mass is 10.2. The van der Waals surface area contributed by atoms with Gasteiger partial charge in [-0.1, -0.05) is 15.9 Å². The van der Waals surface area contributed by atoms with Gasteiger partial charge in [0, 0.05) is 36.0 Å². The van der Waals surface area contributed by atoms with Gasteiger partial charge in [-0.3, -0.25) is 0 Å². The van der Waals surface area contributed by atoms with E-state index in [2.05, 4.69) is 48.2 Å². The van der Waals surface area contributed by atoms with Crippen molar-refractivity contribution in [3.63, 3.8) is 0 Å². The van der Waals surface area contributed by atoms with Gasteiger partial charge in [-0.2, -0.15) is 0 Å². The summed E-state index contributed by atoms with van der Waals surface area (Å²) in [6.45, 7) is 1.44. The average molecular weight is 389 g/mol. The third-order valence-electron chi connectivity index (χ3n) is 2.81. The first-order chi connectivity index (χ1) is 9.11. The second-order valence-electron chi connectivity index (χ2n) is 4.14. The maximum absolute atomic E-state index is 5.41. The van der Waals surface area contributed by atoms with E-state index < -0.39 is 0 Å². The van der Waals surface area contributed by atoms with E-state index >= 15 is 0 Å². The van der Waals surface area contributed by atoms with Gasteiger partial charge in [0.2, 0.25) is 0 Å². The number of rotatable bonds is 5. The second kappa shape index (κ2) is 6.54. The highest BCUT2D eigenvalue weighted by Gasteiger charge is 2.09. The Bertz CT molecular complexity index is 569. The molecule has 1 N–H and O–H groups in total. The number of aromatic nitrogens is 2. The van der Waals surface area contributed by atoms with Crippen molar-refractivity contribution in [1.29, 1.82) is 0 Å². The summed E-state index contributed by atoms with van der Waals surface area (Å²) in [5, 5.41) is 3.37. The minimum Gasteiger partial charge on any atom is -0.495 e. The highest BCUT2D eigenvalue weighted by molar-refractivity contribution is 9.11. The zero-order chi connectivity index (χ0) is 13.8. The highest BCUT2D eigenvalue weighted by atomic mass is 79.9. The zero-order valence-electron chi connectivity index (χ0n) is 10.8. The predicted molar refractivity (Wildman–Crippen MR) is 82.1 cm³/mol. The Morgan fingerprint density at radius 3 is 2.74 bits per heavy atom. The zero-order valence-corrected chi connectivity index (χ0v) is 14.0. The second-order valence-corrected chi connectivity index (χ2v) is 5.91. The number of nitrogens with one attached hydrogen (secondary N) is 1. The normalized spacial score (nSPS) is 10.7. The molecule has 2 rings (SSSR count). The summed E-state index contributed by atoms with van der Waals surface area (Å²) in [6, 6.07) is 4.02. The summed E-state index contributed by atoms with van der Waals surface area (Å²) in [6.07, 6.45) is 3.74. The SMILES string of the molecule is COc1c(Br)cc(Br)cc1CNCc1nccn1C. The average Bonchev–Trinajstić information content (AvgIpc) is 2.75. The standard InChI is InChI=1S/C13H15Br2N3O/c1-18-4-3-17-12(18)8-16-7-9-5-10(14)6-11(15)13(9)19-2/h3-6,16H,7-8H2,1-2H3. The van der Waals surface area contributed by atoms with Gasteiger partial charge in [-0.15, -0.1) is 0 Å². The van der Waals surface area contributed by atoms with Crippen LogP contribution in [0.25, 0.3) is 0 Å². The summed E-state index contributed by atoms with van der Waals surface area (Å²) >= 11 is 6.99. The third kappa shape index (κ3) is 3.58. The molecule has 0 bridgehead atoms. The Morgan fingerprint density at radius 1 is 1.32 bits per heavy atom. The maximum atomic E-state index is 5.41. The van der Waals surface area contributed by atoms with Gasteiger partial charge < -0.3 is 14.6 Å². The molecule has 1 aromatic heterocycles. The monoisotopic (exact) mass is 387 g/mol. The number of aryl methyl sites for hydroxylation is 1. The molecule has 0 saturated carbocycles.